The van der Waals surface area contributed by atoms with Crippen molar-refractivity contribution in [1.29, 1.82) is 0 Å². The molecule has 0 saturated carbocycles. The second kappa shape index (κ2) is 8.86. The summed E-state index contributed by atoms with van der Waals surface area (Å²) in [6.07, 6.45) is 7.04. The van der Waals surface area contributed by atoms with Crippen molar-refractivity contribution >= 4 is 12.4 Å². The van der Waals surface area contributed by atoms with Gasteiger partial charge >= 0.3 is 0 Å². The summed E-state index contributed by atoms with van der Waals surface area (Å²) < 4.78 is 2.05. The van der Waals surface area contributed by atoms with Crippen LogP contribution in [0.15, 0.2) is 61.1 Å². The Hall–Kier alpha value is -2.21. The summed E-state index contributed by atoms with van der Waals surface area (Å²) in [5.41, 5.74) is 10.8. The van der Waals surface area contributed by atoms with Gasteiger partial charge in [0.2, 0.25) is 0 Å². The highest BCUT2D eigenvalue weighted by molar-refractivity contribution is 5.85. The molecule has 1 fully saturated rings. The van der Waals surface area contributed by atoms with Crippen molar-refractivity contribution in [3.63, 3.8) is 0 Å². The molecule has 2 aromatic heterocycles. The van der Waals surface area contributed by atoms with Crippen molar-refractivity contribution in [2.75, 3.05) is 19.6 Å². The van der Waals surface area contributed by atoms with Gasteiger partial charge in [0.1, 0.15) is 0 Å². The molecule has 0 spiro atoms. The minimum absolute atomic E-state index is 0. The topological polar surface area (TPSA) is 60.0 Å². The van der Waals surface area contributed by atoms with Gasteiger partial charge in [0.25, 0.3) is 0 Å². The number of likely N-dealkylation sites (tertiary alicyclic amines) is 1. The maximum atomic E-state index is 5.98. The molecule has 5 nitrogen and oxygen atoms in total. The Morgan fingerprint density at radius 3 is 2.61 bits per heavy atom. The van der Waals surface area contributed by atoms with E-state index in [1.807, 2.05) is 23.0 Å². The monoisotopic (exact) mass is 397 g/mol. The lowest BCUT2D eigenvalue weighted by Crippen LogP contribution is -2.31. The number of nitrogens with two attached hydrogens (primary N) is 1. The SMILES string of the molecule is CC1(CN)CCN(Cc2cn(Cc3ccccc3)nc2-c2cccnc2)C1.Cl. The number of benzene rings is 1. The number of hydrogen-bond acceptors (Lipinski definition) is 4. The zero-order valence-electron chi connectivity index (χ0n) is 16.3. The maximum absolute atomic E-state index is 5.98. The number of rotatable bonds is 6. The van der Waals surface area contributed by atoms with E-state index in [-0.39, 0.29) is 17.8 Å². The zero-order valence-corrected chi connectivity index (χ0v) is 17.1. The van der Waals surface area contributed by atoms with E-state index in [9.17, 15) is 0 Å². The predicted octanol–water partition coefficient (Wildman–Crippen LogP) is 3.59. The normalized spacial score (nSPS) is 19.5. The van der Waals surface area contributed by atoms with E-state index in [4.69, 9.17) is 10.8 Å². The van der Waals surface area contributed by atoms with Crippen LogP contribution in [0, 0.1) is 5.41 Å². The molecule has 2 N–H and O–H groups in total. The van der Waals surface area contributed by atoms with Gasteiger partial charge in [0.15, 0.2) is 0 Å². The second-order valence-electron chi connectivity index (χ2n) is 7.90. The molecule has 6 heteroatoms. The van der Waals surface area contributed by atoms with Gasteiger partial charge in [0.05, 0.1) is 12.2 Å². The van der Waals surface area contributed by atoms with Gasteiger partial charge in [-0.3, -0.25) is 14.6 Å². The first-order valence-electron chi connectivity index (χ1n) is 9.58. The molecule has 1 aliphatic heterocycles. The molecule has 4 rings (SSSR count). The molecule has 1 saturated heterocycles. The van der Waals surface area contributed by atoms with Gasteiger partial charge in [-0.25, -0.2) is 0 Å². The first kappa shape index (κ1) is 20.5. The highest BCUT2D eigenvalue weighted by Gasteiger charge is 2.32. The third-order valence-corrected chi connectivity index (χ3v) is 5.48. The fourth-order valence-corrected chi connectivity index (χ4v) is 3.84. The largest absolute Gasteiger partial charge is 0.330 e. The van der Waals surface area contributed by atoms with Crippen molar-refractivity contribution in [3.8, 4) is 11.3 Å². The van der Waals surface area contributed by atoms with Crippen molar-refractivity contribution in [2.45, 2.75) is 26.4 Å². The van der Waals surface area contributed by atoms with Crippen molar-refractivity contribution < 1.29 is 0 Å². The van der Waals surface area contributed by atoms with Crippen LogP contribution in [0.2, 0.25) is 0 Å². The van der Waals surface area contributed by atoms with E-state index in [1.165, 1.54) is 11.1 Å². The van der Waals surface area contributed by atoms with Crippen LogP contribution >= 0.6 is 12.4 Å². The molecule has 148 valence electrons. The Morgan fingerprint density at radius 2 is 1.93 bits per heavy atom. The molecule has 28 heavy (non-hydrogen) atoms. The molecule has 3 heterocycles. The van der Waals surface area contributed by atoms with Gasteiger partial charge in [-0.1, -0.05) is 37.3 Å². The van der Waals surface area contributed by atoms with Crippen LogP contribution < -0.4 is 5.73 Å². The Balaban J connectivity index is 0.00000225. The highest BCUT2D eigenvalue weighted by Crippen LogP contribution is 2.31. The summed E-state index contributed by atoms with van der Waals surface area (Å²) in [6.45, 7) is 6.83. The summed E-state index contributed by atoms with van der Waals surface area (Å²) in [7, 11) is 0. The van der Waals surface area contributed by atoms with Crippen molar-refractivity contribution in [3.05, 3.63) is 72.2 Å². The summed E-state index contributed by atoms with van der Waals surface area (Å²) in [5.74, 6) is 0. The lowest BCUT2D eigenvalue weighted by atomic mass is 9.90. The minimum Gasteiger partial charge on any atom is -0.330 e. The molecule has 0 radical (unpaired) electrons. The molecule has 1 unspecified atom stereocenters. The number of halogens is 1. The average Bonchev–Trinajstić information content (AvgIpc) is 3.27. The number of hydrogen-bond donors (Lipinski definition) is 1. The summed E-state index contributed by atoms with van der Waals surface area (Å²) in [4.78, 5) is 6.78. The maximum Gasteiger partial charge on any atom is 0.0983 e. The van der Waals surface area contributed by atoms with Crippen LogP contribution in [0.3, 0.4) is 0 Å². The second-order valence-corrected chi connectivity index (χ2v) is 7.90. The van der Waals surface area contributed by atoms with Gasteiger partial charge < -0.3 is 5.73 Å². The molecular weight excluding hydrogens is 370 g/mol. The fourth-order valence-electron chi connectivity index (χ4n) is 3.84. The van der Waals surface area contributed by atoms with Crippen LogP contribution in [0.4, 0.5) is 0 Å². The van der Waals surface area contributed by atoms with Gasteiger partial charge in [-0.05, 0) is 42.6 Å². The van der Waals surface area contributed by atoms with E-state index in [2.05, 4.69) is 53.3 Å². The van der Waals surface area contributed by atoms with Gasteiger partial charge in [0, 0.05) is 42.8 Å². The van der Waals surface area contributed by atoms with Crippen LogP contribution in [0.5, 0.6) is 0 Å². The Labute approximate surface area is 173 Å². The first-order chi connectivity index (χ1) is 13.1. The van der Waals surface area contributed by atoms with E-state index in [0.717, 1.165) is 50.4 Å². The molecule has 1 aromatic carbocycles. The lowest BCUT2D eigenvalue weighted by Gasteiger charge is -2.22. The number of pyridine rings is 1. The smallest absolute Gasteiger partial charge is 0.0983 e. The van der Waals surface area contributed by atoms with E-state index >= 15 is 0 Å². The minimum atomic E-state index is 0. The van der Waals surface area contributed by atoms with Crippen LogP contribution in [0.1, 0.15) is 24.5 Å². The Bertz CT molecular complexity index is 880. The van der Waals surface area contributed by atoms with E-state index < -0.39 is 0 Å². The third kappa shape index (κ3) is 4.61. The quantitative estimate of drug-likeness (QED) is 0.690. The standard InChI is InChI=1S/C22H27N5.ClH/c1-22(16-23)9-11-26(17-22)14-20-15-27(13-18-6-3-2-4-7-18)25-21(20)19-8-5-10-24-12-19;/h2-8,10,12,15H,9,11,13-14,16-17,23H2,1H3;1H. The van der Waals surface area contributed by atoms with Crippen LogP contribution in [-0.4, -0.2) is 39.3 Å². The predicted molar refractivity (Wildman–Crippen MR) is 115 cm³/mol. The molecule has 0 amide bonds. The van der Waals surface area contributed by atoms with Gasteiger partial charge in [-0.15, -0.1) is 12.4 Å². The lowest BCUT2D eigenvalue weighted by molar-refractivity contribution is 0.274. The number of nitrogens with zero attached hydrogens (tertiary/aromatic N) is 4. The third-order valence-electron chi connectivity index (χ3n) is 5.48. The zero-order chi connectivity index (χ0) is 18.7. The molecule has 1 aliphatic rings. The molecule has 3 aromatic rings. The molecule has 1 atom stereocenters. The highest BCUT2D eigenvalue weighted by atomic mass is 35.5. The average molecular weight is 398 g/mol. The Kier molecular flexibility index (Phi) is 6.50. The molecule has 0 aliphatic carbocycles. The summed E-state index contributed by atoms with van der Waals surface area (Å²) >= 11 is 0. The van der Waals surface area contributed by atoms with Crippen LogP contribution in [-0.2, 0) is 13.1 Å². The van der Waals surface area contributed by atoms with Crippen LogP contribution in [0.25, 0.3) is 11.3 Å². The molecule has 0 bridgehead atoms. The van der Waals surface area contributed by atoms with Crippen molar-refractivity contribution in [1.82, 2.24) is 19.7 Å². The van der Waals surface area contributed by atoms with E-state index in [1.54, 1.807) is 6.20 Å². The van der Waals surface area contributed by atoms with Gasteiger partial charge in [-0.2, -0.15) is 5.10 Å². The summed E-state index contributed by atoms with van der Waals surface area (Å²) in [5, 5.41) is 4.90. The summed E-state index contributed by atoms with van der Waals surface area (Å²) in [6, 6.07) is 14.5. The first-order valence-corrected chi connectivity index (χ1v) is 9.58. The number of aromatic nitrogens is 3. The fraction of sp³-hybridized carbons (Fsp3) is 0.364. The van der Waals surface area contributed by atoms with Crippen molar-refractivity contribution in [2.24, 2.45) is 11.1 Å². The van der Waals surface area contributed by atoms with E-state index in [0.29, 0.717) is 0 Å². The molecular formula is C22H28ClN5. The Morgan fingerprint density at radius 1 is 1.11 bits per heavy atom.